The molecule has 1 amide bonds. The summed E-state index contributed by atoms with van der Waals surface area (Å²) in [5.74, 6) is -1.31. The molecule has 0 aromatic heterocycles. The van der Waals surface area contributed by atoms with Crippen molar-refractivity contribution in [2.45, 2.75) is 23.8 Å². The molecule has 1 atom stereocenters. The third kappa shape index (κ3) is 4.87. The van der Waals surface area contributed by atoms with Crippen molar-refractivity contribution in [3.05, 3.63) is 28.8 Å². The van der Waals surface area contributed by atoms with Crippen molar-refractivity contribution < 1.29 is 22.7 Å². The van der Waals surface area contributed by atoms with Crippen LogP contribution in [0.5, 0.6) is 0 Å². The van der Waals surface area contributed by atoms with Crippen LogP contribution in [0.25, 0.3) is 0 Å². The molecule has 24 heavy (non-hydrogen) atoms. The van der Waals surface area contributed by atoms with Gasteiger partial charge in [0.05, 0.1) is 27.6 Å². The Bertz CT molecular complexity index is 765. The minimum atomic E-state index is -3.13. The number of esters is 1. The van der Waals surface area contributed by atoms with Crippen molar-refractivity contribution in [2.24, 2.45) is 0 Å². The van der Waals surface area contributed by atoms with Crippen LogP contribution in [0.1, 0.15) is 23.7 Å². The number of amides is 1. The van der Waals surface area contributed by atoms with Crippen LogP contribution in [0.4, 0.5) is 0 Å². The minimum Gasteiger partial charge on any atom is -0.452 e. The molecule has 132 valence electrons. The predicted octanol–water partition coefficient (Wildman–Crippen LogP) is 1.91. The molecule has 1 fully saturated rings. The number of nitrogens with one attached hydrogen (secondary N) is 1. The SMILES string of the molecule is CSc1ccc(Cl)c(C(=O)OCC(=O)N[C@]2(C)CCS(=O)(=O)C2)c1. The van der Waals surface area contributed by atoms with E-state index in [0.717, 1.165) is 4.90 Å². The summed E-state index contributed by atoms with van der Waals surface area (Å²) in [5, 5.41) is 2.87. The second kappa shape index (κ2) is 7.33. The van der Waals surface area contributed by atoms with E-state index in [-0.39, 0.29) is 22.1 Å². The molecule has 1 saturated heterocycles. The molecular formula is C15H18ClNO5S2. The molecule has 1 N–H and O–H groups in total. The topological polar surface area (TPSA) is 89.5 Å². The number of hydrogen-bond acceptors (Lipinski definition) is 6. The zero-order valence-electron chi connectivity index (χ0n) is 13.3. The third-order valence-corrected chi connectivity index (χ3v) is 6.63. The fourth-order valence-electron chi connectivity index (χ4n) is 2.48. The molecule has 1 aliphatic heterocycles. The highest BCUT2D eigenvalue weighted by molar-refractivity contribution is 7.98. The molecule has 0 spiro atoms. The van der Waals surface area contributed by atoms with Crippen molar-refractivity contribution >= 4 is 45.1 Å². The van der Waals surface area contributed by atoms with Gasteiger partial charge in [-0.3, -0.25) is 4.79 Å². The predicted molar refractivity (Wildman–Crippen MR) is 93.3 cm³/mol. The molecule has 9 heteroatoms. The van der Waals surface area contributed by atoms with Crippen molar-refractivity contribution in [1.82, 2.24) is 5.32 Å². The standard InChI is InChI=1S/C15H18ClNO5S2/c1-15(5-6-24(20,21)9-15)17-13(18)8-22-14(19)11-7-10(23-2)3-4-12(11)16/h3-4,7H,5-6,8-9H2,1-2H3,(H,17,18)/t15-/m1/s1. The fourth-order valence-corrected chi connectivity index (χ4v) is 5.21. The van der Waals surface area contributed by atoms with Crippen LogP contribution in [-0.4, -0.2) is 50.2 Å². The van der Waals surface area contributed by atoms with Crippen molar-refractivity contribution in [3.8, 4) is 0 Å². The highest BCUT2D eigenvalue weighted by Gasteiger charge is 2.39. The lowest BCUT2D eigenvalue weighted by Crippen LogP contribution is -2.48. The number of carbonyl (C=O) groups excluding carboxylic acids is 2. The summed E-state index contributed by atoms with van der Waals surface area (Å²) >= 11 is 7.43. The van der Waals surface area contributed by atoms with E-state index in [9.17, 15) is 18.0 Å². The van der Waals surface area contributed by atoms with Gasteiger partial charge in [0.1, 0.15) is 0 Å². The number of hydrogen-bond donors (Lipinski definition) is 1. The maximum atomic E-state index is 12.1. The van der Waals surface area contributed by atoms with Gasteiger partial charge in [-0.1, -0.05) is 11.6 Å². The van der Waals surface area contributed by atoms with Crippen molar-refractivity contribution in [3.63, 3.8) is 0 Å². The Hall–Kier alpha value is -1.25. The molecule has 1 aromatic rings. The van der Waals surface area contributed by atoms with Crippen LogP contribution in [0, 0.1) is 0 Å². The molecule has 1 heterocycles. The average Bonchev–Trinajstić information content (AvgIpc) is 2.78. The Morgan fingerprint density at radius 3 is 2.71 bits per heavy atom. The molecule has 2 rings (SSSR count). The van der Waals surface area contributed by atoms with Gasteiger partial charge >= 0.3 is 5.97 Å². The Morgan fingerprint density at radius 2 is 2.12 bits per heavy atom. The number of ether oxygens (including phenoxy) is 1. The van der Waals surface area contributed by atoms with Crippen molar-refractivity contribution in [1.29, 1.82) is 0 Å². The first kappa shape index (κ1) is 19.1. The Kier molecular flexibility index (Phi) is 5.83. The van der Waals surface area contributed by atoms with Gasteiger partial charge in [0.15, 0.2) is 16.4 Å². The zero-order chi connectivity index (χ0) is 18.0. The van der Waals surface area contributed by atoms with E-state index in [1.165, 1.54) is 11.8 Å². The Balaban J connectivity index is 1.93. The van der Waals surface area contributed by atoms with Gasteiger partial charge in [-0.15, -0.1) is 11.8 Å². The van der Waals surface area contributed by atoms with E-state index in [0.29, 0.717) is 6.42 Å². The highest BCUT2D eigenvalue weighted by Crippen LogP contribution is 2.24. The van der Waals surface area contributed by atoms with Gasteiger partial charge in [0.25, 0.3) is 5.91 Å². The number of carbonyl (C=O) groups is 2. The molecule has 0 aliphatic carbocycles. The number of halogens is 1. The van der Waals surface area contributed by atoms with Crippen LogP contribution in [0.3, 0.4) is 0 Å². The van der Waals surface area contributed by atoms with Gasteiger partial charge in [0.2, 0.25) is 0 Å². The summed E-state index contributed by atoms with van der Waals surface area (Å²) in [5.41, 5.74) is -0.635. The van der Waals surface area contributed by atoms with E-state index < -0.39 is 33.9 Å². The maximum Gasteiger partial charge on any atom is 0.340 e. The highest BCUT2D eigenvalue weighted by atomic mass is 35.5. The Morgan fingerprint density at radius 1 is 1.42 bits per heavy atom. The molecule has 0 bridgehead atoms. The van der Waals surface area contributed by atoms with Crippen LogP contribution in [0.15, 0.2) is 23.1 Å². The first-order chi connectivity index (χ1) is 11.1. The molecule has 0 saturated carbocycles. The largest absolute Gasteiger partial charge is 0.452 e. The van der Waals surface area contributed by atoms with Crippen LogP contribution >= 0.6 is 23.4 Å². The van der Waals surface area contributed by atoms with E-state index in [1.807, 2.05) is 6.26 Å². The van der Waals surface area contributed by atoms with E-state index in [4.69, 9.17) is 16.3 Å². The normalized spacial score (nSPS) is 22.1. The fraction of sp³-hybridized carbons (Fsp3) is 0.467. The summed E-state index contributed by atoms with van der Waals surface area (Å²) in [7, 11) is -3.13. The van der Waals surface area contributed by atoms with Gasteiger partial charge in [0, 0.05) is 4.90 Å². The summed E-state index contributed by atoms with van der Waals surface area (Å²) in [6.07, 6.45) is 2.21. The van der Waals surface area contributed by atoms with Crippen LogP contribution in [-0.2, 0) is 19.4 Å². The van der Waals surface area contributed by atoms with Crippen LogP contribution in [0.2, 0.25) is 5.02 Å². The van der Waals surface area contributed by atoms with Gasteiger partial charge in [-0.25, -0.2) is 13.2 Å². The molecule has 0 radical (unpaired) electrons. The first-order valence-electron chi connectivity index (χ1n) is 7.16. The van der Waals surface area contributed by atoms with E-state index >= 15 is 0 Å². The van der Waals surface area contributed by atoms with Crippen LogP contribution < -0.4 is 5.32 Å². The van der Waals surface area contributed by atoms with E-state index in [1.54, 1.807) is 25.1 Å². The van der Waals surface area contributed by atoms with Crippen molar-refractivity contribution in [2.75, 3.05) is 24.4 Å². The summed E-state index contributed by atoms with van der Waals surface area (Å²) in [6, 6.07) is 4.96. The molecule has 1 aromatic carbocycles. The molecule has 0 unspecified atom stereocenters. The lowest BCUT2D eigenvalue weighted by atomic mass is 10.0. The smallest absolute Gasteiger partial charge is 0.340 e. The Labute approximate surface area is 150 Å². The summed E-state index contributed by atoms with van der Waals surface area (Å²) in [4.78, 5) is 24.9. The molecule has 1 aliphatic rings. The summed E-state index contributed by atoms with van der Waals surface area (Å²) in [6.45, 7) is 1.17. The second-order valence-corrected chi connectivity index (χ2v) is 9.34. The summed E-state index contributed by atoms with van der Waals surface area (Å²) < 4.78 is 28.0. The average molecular weight is 392 g/mol. The number of benzene rings is 1. The quantitative estimate of drug-likeness (QED) is 0.609. The lowest BCUT2D eigenvalue weighted by Gasteiger charge is -2.23. The number of sulfone groups is 1. The number of thioether (sulfide) groups is 1. The second-order valence-electron chi connectivity index (χ2n) is 5.87. The molecule has 6 nitrogen and oxygen atoms in total. The molecular weight excluding hydrogens is 374 g/mol. The minimum absolute atomic E-state index is 0.0423. The third-order valence-electron chi connectivity index (χ3n) is 3.67. The number of rotatable bonds is 5. The van der Waals surface area contributed by atoms with E-state index in [2.05, 4.69) is 5.32 Å². The maximum absolute atomic E-state index is 12.1. The lowest BCUT2D eigenvalue weighted by molar-refractivity contribution is -0.125. The van der Waals surface area contributed by atoms with Gasteiger partial charge in [-0.05, 0) is 37.8 Å². The monoisotopic (exact) mass is 391 g/mol. The first-order valence-corrected chi connectivity index (χ1v) is 10.6. The van der Waals surface area contributed by atoms with Gasteiger partial charge < -0.3 is 10.1 Å². The van der Waals surface area contributed by atoms with Gasteiger partial charge in [-0.2, -0.15) is 0 Å². The zero-order valence-corrected chi connectivity index (χ0v) is 15.7.